The quantitative estimate of drug-likeness (QED) is 0.382. The Balaban J connectivity index is 1.33. The number of hydrogen-bond donors (Lipinski definition) is 2. The molecule has 37 heavy (non-hydrogen) atoms. The minimum absolute atomic E-state index is 0.0654. The molecular formula is C24H28N10O3. The van der Waals surface area contributed by atoms with E-state index in [-0.39, 0.29) is 6.04 Å². The monoisotopic (exact) mass is 504 g/mol. The predicted octanol–water partition coefficient (Wildman–Crippen LogP) is 2.88. The van der Waals surface area contributed by atoms with Gasteiger partial charge in [0, 0.05) is 55.9 Å². The largest absolute Gasteiger partial charge is 0.479 e. The zero-order valence-corrected chi connectivity index (χ0v) is 20.7. The first-order valence-electron chi connectivity index (χ1n) is 12.3. The maximum atomic E-state index is 5.80. The van der Waals surface area contributed by atoms with Crippen molar-refractivity contribution in [2.75, 3.05) is 55.1 Å². The fourth-order valence-corrected chi connectivity index (χ4v) is 4.69. The zero-order chi connectivity index (χ0) is 25.2. The topological polar surface area (TPSA) is 143 Å². The van der Waals surface area contributed by atoms with Crippen LogP contribution < -0.4 is 19.9 Å². The van der Waals surface area contributed by atoms with Crippen LogP contribution in [0.4, 0.5) is 23.4 Å². The number of anilines is 4. The first kappa shape index (κ1) is 23.2. The van der Waals surface area contributed by atoms with Crippen molar-refractivity contribution < 1.29 is 14.0 Å². The fraction of sp³-hybridized carbons (Fsp3) is 0.417. The average Bonchev–Trinajstić information content (AvgIpc) is 3.70. The van der Waals surface area contributed by atoms with Gasteiger partial charge in [0.15, 0.2) is 17.3 Å². The molecule has 0 spiro atoms. The van der Waals surface area contributed by atoms with E-state index in [4.69, 9.17) is 24.0 Å². The average molecular weight is 505 g/mol. The van der Waals surface area contributed by atoms with Gasteiger partial charge >= 0.3 is 0 Å². The van der Waals surface area contributed by atoms with E-state index in [0.29, 0.717) is 48.1 Å². The van der Waals surface area contributed by atoms with Crippen molar-refractivity contribution in [3.8, 4) is 17.3 Å². The Morgan fingerprint density at radius 1 is 1.05 bits per heavy atom. The minimum atomic E-state index is -0.0654. The number of aromatic nitrogens is 7. The molecule has 2 fully saturated rings. The lowest BCUT2D eigenvalue weighted by atomic mass is 10.1. The molecule has 6 rings (SSSR count). The Bertz CT molecular complexity index is 1370. The van der Waals surface area contributed by atoms with Crippen LogP contribution in [0.15, 0.2) is 35.1 Å². The van der Waals surface area contributed by atoms with Gasteiger partial charge in [-0.1, -0.05) is 5.16 Å². The number of H-pyrrole nitrogens is 1. The fourth-order valence-electron chi connectivity index (χ4n) is 4.69. The molecule has 2 aliphatic rings. The second-order valence-electron chi connectivity index (χ2n) is 8.95. The van der Waals surface area contributed by atoms with E-state index in [9.17, 15) is 0 Å². The molecule has 0 aromatic carbocycles. The smallest absolute Gasteiger partial charge is 0.242 e. The summed E-state index contributed by atoms with van der Waals surface area (Å²) in [6, 6.07) is 5.72. The van der Waals surface area contributed by atoms with E-state index < -0.39 is 0 Å². The number of ether oxygens (including phenoxy) is 2. The SMILES string of the molecule is COc1nccnc1-c1cc(C2CCCN2c2nc(Nc3cc(C)[nH]n3)cc(N3CCOCC3)n2)on1. The van der Waals surface area contributed by atoms with Crippen molar-refractivity contribution >= 4 is 23.4 Å². The van der Waals surface area contributed by atoms with Gasteiger partial charge in [-0.05, 0) is 19.8 Å². The highest BCUT2D eigenvalue weighted by Crippen LogP contribution is 2.38. The summed E-state index contributed by atoms with van der Waals surface area (Å²) in [5.41, 5.74) is 2.08. The lowest BCUT2D eigenvalue weighted by Gasteiger charge is -2.30. The number of hydrogen-bond acceptors (Lipinski definition) is 12. The van der Waals surface area contributed by atoms with Crippen LogP contribution >= 0.6 is 0 Å². The highest BCUT2D eigenvalue weighted by atomic mass is 16.5. The third-order valence-corrected chi connectivity index (χ3v) is 6.47. The Morgan fingerprint density at radius 2 is 1.92 bits per heavy atom. The van der Waals surface area contributed by atoms with Crippen LogP contribution in [0.25, 0.3) is 11.4 Å². The highest BCUT2D eigenvalue weighted by molar-refractivity contribution is 5.62. The number of aryl methyl sites for hydroxylation is 1. The normalized spacial score (nSPS) is 17.8. The number of methoxy groups -OCH3 is 1. The minimum Gasteiger partial charge on any atom is -0.479 e. The van der Waals surface area contributed by atoms with Gasteiger partial charge in [0.05, 0.1) is 26.4 Å². The highest BCUT2D eigenvalue weighted by Gasteiger charge is 2.33. The van der Waals surface area contributed by atoms with Gasteiger partial charge in [-0.15, -0.1) is 0 Å². The van der Waals surface area contributed by atoms with Gasteiger partial charge < -0.3 is 29.1 Å². The number of nitrogens with one attached hydrogen (secondary N) is 2. The zero-order valence-electron chi connectivity index (χ0n) is 20.7. The van der Waals surface area contributed by atoms with E-state index in [0.717, 1.165) is 49.7 Å². The molecule has 1 atom stereocenters. The lowest BCUT2D eigenvalue weighted by molar-refractivity contribution is 0.122. The third kappa shape index (κ3) is 4.77. The Kier molecular flexibility index (Phi) is 6.26. The van der Waals surface area contributed by atoms with Gasteiger partial charge in [-0.3, -0.25) is 5.10 Å². The molecule has 6 heterocycles. The van der Waals surface area contributed by atoms with Crippen LogP contribution in [0.5, 0.6) is 5.88 Å². The molecule has 4 aromatic heterocycles. The van der Waals surface area contributed by atoms with Crippen molar-refractivity contribution in [3.05, 3.63) is 42.0 Å². The summed E-state index contributed by atoms with van der Waals surface area (Å²) in [6.07, 6.45) is 5.05. The van der Waals surface area contributed by atoms with E-state index >= 15 is 0 Å². The molecule has 2 N–H and O–H groups in total. The van der Waals surface area contributed by atoms with Crippen LogP contribution in [-0.2, 0) is 4.74 Å². The number of aromatic amines is 1. The molecule has 0 bridgehead atoms. The molecule has 13 nitrogen and oxygen atoms in total. The maximum absolute atomic E-state index is 5.80. The van der Waals surface area contributed by atoms with Crippen molar-refractivity contribution in [1.82, 2.24) is 35.3 Å². The molecule has 1 unspecified atom stereocenters. The molecule has 0 amide bonds. The molecular weight excluding hydrogens is 476 g/mol. The predicted molar refractivity (Wildman–Crippen MR) is 135 cm³/mol. The summed E-state index contributed by atoms with van der Waals surface area (Å²) >= 11 is 0. The summed E-state index contributed by atoms with van der Waals surface area (Å²) in [4.78, 5) is 22.8. The summed E-state index contributed by atoms with van der Waals surface area (Å²) in [5, 5.41) is 14.8. The van der Waals surface area contributed by atoms with Crippen LogP contribution in [0, 0.1) is 6.92 Å². The molecule has 2 saturated heterocycles. The lowest BCUT2D eigenvalue weighted by Crippen LogP contribution is -2.37. The Morgan fingerprint density at radius 3 is 2.73 bits per heavy atom. The second-order valence-corrected chi connectivity index (χ2v) is 8.95. The second kappa shape index (κ2) is 10.0. The molecule has 192 valence electrons. The molecule has 2 aliphatic heterocycles. The van der Waals surface area contributed by atoms with E-state index in [1.807, 2.05) is 25.1 Å². The van der Waals surface area contributed by atoms with E-state index in [1.165, 1.54) is 0 Å². The van der Waals surface area contributed by atoms with Gasteiger partial charge in [0.1, 0.15) is 17.3 Å². The van der Waals surface area contributed by atoms with Crippen molar-refractivity contribution in [2.24, 2.45) is 0 Å². The van der Waals surface area contributed by atoms with Crippen LogP contribution in [0.3, 0.4) is 0 Å². The summed E-state index contributed by atoms with van der Waals surface area (Å²) in [7, 11) is 1.56. The van der Waals surface area contributed by atoms with Crippen LogP contribution in [-0.4, -0.2) is 75.2 Å². The number of morpholine rings is 1. The Hall–Kier alpha value is -4.26. The van der Waals surface area contributed by atoms with Crippen LogP contribution in [0.1, 0.15) is 30.3 Å². The van der Waals surface area contributed by atoms with E-state index in [2.05, 4.69) is 40.4 Å². The molecule has 0 aliphatic carbocycles. The third-order valence-electron chi connectivity index (χ3n) is 6.47. The van der Waals surface area contributed by atoms with Gasteiger partial charge in [0.2, 0.25) is 11.8 Å². The number of rotatable bonds is 7. The van der Waals surface area contributed by atoms with Gasteiger partial charge in [-0.2, -0.15) is 15.1 Å². The first-order chi connectivity index (χ1) is 18.2. The molecule has 13 heteroatoms. The van der Waals surface area contributed by atoms with Crippen molar-refractivity contribution in [2.45, 2.75) is 25.8 Å². The summed E-state index contributed by atoms with van der Waals surface area (Å²) < 4.78 is 16.7. The van der Waals surface area contributed by atoms with Gasteiger partial charge in [0.25, 0.3) is 0 Å². The van der Waals surface area contributed by atoms with Crippen molar-refractivity contribution in [1.29, 1.82) is 0 Å². The summed E-state index contributed by atoms with van der Waals surface area (Å²) in [5.74, 6) is 3.96. The van der Waals surface area contributed by atoms with Gasteiger partial charge in [-0.25, -0.2) is 9.97 Å². The molecule has 0 saturated carbocycles. The first-order valence-corrected chi connectivity index (χ1v) is 12.3. The number of nitrogens with zero attached hydrogens (tertiary/aromatic N) is 8. The van der Waals surface area contributed by atoms with Crippen LogP contribution in [0.2, 0.25) is 0 Å². The van der Waals surface area contributed by atoms with Crippen molar-refractivity contribution in [3.63, 3.8) is 0 Å². The Labute approximate surface area is 213 Å². The molecule has 0 radical (unpaired) electrons. The van der Waals surface area contributed by atoms with E-state index in [1.54, 1.807) is 19.5 Å². The summed E-state index contributed by atoms with van der Waals surface area (Å²) in [6.45, 7) is 5.63. The maximum Gasteiger partial charge on any atom is 0.242 e. The standard InChI is InChI=1S/C24H28N10O3/c1-15-12-20(31-30-15)27-19-14-21(33-8-10-36-11-9-33)29-24(28-19)34-7-3-4-17(34)18-13-16(32-37-18)22-23(35-2)26-6-5-25-22/h5-6,12-14,17H,3-4,7-11H2,1-2H3,(H2,27,28,29,30,31). The molecule has 4 aromatic rings.